The first-order valence-corrected chi connectivity index (χ1v) is 7.89. The molecule has 0 spiro atoms. The Bertz CT molecular complexity index is 631. The lowest BCUT2D eigenvalue weighted by atomic mass is 9.95. The van der Waals surface area contributed by atoms with E-state index in [0.717, 1.165) is 25.7 Å². The van der Waals surface area contributed by atoms with Crippen LogP contribution in [0.5, 0.6) is 0 Å². The van der Waals surface area contributed by atoms with Gasteiger partial charge in [-0.15, -0.1) is 0 Å². The first-order valence-electron chi connectivity index (χ1n) is 7.89. The van der Waals surface area contributed by atoms with Crippen LogP contribution in [-0.2, 0) is 11.2 Å². The molecule has 1 amide bonds. The molecular formula is C18H21NO3. The number of amides is 1. The van der Waals surface area contributed by atoms with Crippen molar-refractivity contribution in [2.75, 3.05) is 6.54 Å². The molecule has 0 bridgehead atoms. The lowest BCUT2D eigenvalue weighted by Crippen LogP contribution is -2.38. The quantitative estimate of drug-likeness (QED) is 0.909. The van der Waals surface area contributed by atoms with E-state index in [9.17, 15) is 9.59 Å². The van der Waals surface area contributed by atoms with Gasteiger partial charge in [0.1, 0.15) is 0 Å². The summed E-state index contributed by atoms with van der Waals surface area (Å²) < 4.78 is 0. The zero-order valence-electron chi connectivity index (χ0n) is 12.8. The number of aliphatic carboxylic acids is 1. The molecule has 1 saturated carbocycles. The number of aryl methyl sites for hydroxylation is 1. The van der Waals surface area contributed by atoms with Crippen LogP contribution in [0.2, 0.25) is 0 Å². The first-order chi connectivity index (χ1) is 10.6. The summed E-state index contributed by atoms with van der Waals surface area (Å²) in [6, 6.07) is 6.04. The third-order valence-corrected chi connectivity index (χ3v) is 4.41. The molecule has 3 rings (SSSR count). The van der Waals surface area contributed by atoms with Crippen LogP contribution in [0.4, 0.5) is 0 Å². The summed E-state index contributed by atoms with van der Waals surface area (Å²) in [6.45, 7) is 1.94. The third-order valence-electron chi connectivity index (χ3n) is 4.41. The molecule has 0 aliphatic heterocycles. The van der Waals surface area contributed by atoms with E-state index in [1.807, 2.05) is 18.2 Å². The van der Waals surface area contributed by atoms with Gasteiger partial charge in [0.2, 0.25) is 0 Å². The Morgan fingerprint density at radius 1 is 1.36 bits per heavy atom. The summed E-state index contributed by atoms with van der Waals surface area (Å²) in [5.41, 5.74) is 3.06. The van der Waals surface area contributed by atoms with Crippen molar-refractivity contribution >= 4 is 18.0 Å². The Morgan fingerprint density at radius 2 is 2.14 bits per heavy atom. The Morgan fingerprint density at radius 3 is 2.82 bits per heavy atom. The average Bonchev–Trinajstić information content (AvgIpc) is 3.35. The van der Waals surface area contributed by atoms with Gasteiger partial charge >= 0.3 is 5.97 Å². The summed E-state index contributed by atoms with van der Waals surface area (Å²) in [5.74, 6) is -1.42. The van der Waals surface area contributed by atoms with Crippen LogP contribution >= 0.6 is 0 Å². The Labute approximate surface area is 130 Å². The van der Waals surface area contributed by atoms with Gasteiger partial charge < -0.3 is 10.0 Å². The second-order valence-electron chi connectivity index (χ2n) is 6.28. The van der Waals surface area contributed by atoms with Crippen molar-refractivity contribution in [1.29, 1.82) is 0 Å². The highest BCUT2D eigenvalue weighted by atomic mass is 16.4. The molecule has 0 radical (unpaired) electrons. The van der Waals surface area contributed by atoms with Crippen LogP contribution in [0, 0.1) is 5.92 Å². The van der Waals surface area contributed by atoms with E-state index in [2.05, 4.69) is 12.2 Å². The maximum Gasteiger partial charge on any atom is 0.308 e. The van der Waals surface area contributed by atoms with E-state index in [1.54, 1.807) is 11.8 Å². The van der Waals surface area contributed by atoms with Crippen LogP contribution < -0.4 is 0 Å². The van der Waals surface area contributed by atoms with Crippen molar-refractivity contribution in [1.82, 2.24) is 4.90 Å². The van der Waals surface area contributed by atoms with E-state index < -0.39 is 11.9 Å². The Kier molecular flexibility index (Phi) is 4.01. The molecule has 1 aromatic carbocycles. The SMILES string of the molecule is CC(CN(C(=O)c1ccc2c(c1)CCC=C2)C1CC1)C(=O)O. The molecule has 1 atom stereocenters. The molecule has 1 N–H and O–H groups in total. The van der Waals surface area contributed by atoms with Crippen molar-refractivity contribution in [3.8, 4) is 0 Å². The number of hydrogen-bond donors (Lipinski definition) is 1. The zero-order valence-corrected chi connectivity index (χ0v) is 12.8. The van der Waals surface area contributed by atoms with Crippen LogP contribution in [-0.4, -0.2) is 34.5 Å². The standard InChI is InChI=1S/C18H21NO3/c1-12(18(21)22)11-19(16-8-9-16)17(20)15-7-6-13-4-2-3-5-14(13)10-15/h2,4,6-7,10,12,16H,3,5,8-9,11H2,1H3,(H,21,22). The number of carbonyl (C=O) groups excluding carboxylic acids is 1. The number of carboxylic acid groups (broad SMARTS) is 1. The van der Waals surface area contributed by atoms with Gasteiger partial charge in [0.15, 0.2) is 0 Å². The van der Waals surface area contributed by atoms with E-state index >= 15 is 0 Å². The topological polar surface area (TPSA) is 57.6 Å². The van der Waals surface area contributed by atoms with Gasteiger partial charge in [0.05, 0.1) is 5.92 Å². The Balaban J connectivity index is 1.81. The fraction of sp³-hybridized carbons (Fsp3) is 0.444. The maximum absolute atomic E-state index is 12.8. The van der Waals surface area contributed by atoms with Crippen molar-refractivity contribution in [2.24, 2.45) is 5.92 Å². The van der Waals surface area contributed by atoms with Gasteiger partial charge in [-0.3, -0.25) is 9.59 Å². The fourth-order valence-corrected chi connectivity index (χ4v) is 2.89. The van der Waals surface area contributed by atoms with Crippen LogP contribution in [0.25, 0.3) is 6.08 Å². The number of hydrogen-bond acceptors (Lipinski definition) is 2. The third kappa shape index (κ3) is 3.06. The van der Waals surface area contributed by atoms with Gasteiger partial charge in [-0.05, 0) is 48.9 Å². The smallest absolute Gasteiger partial charge is 0.308 e. The molecule has 4 heteroatoms. The minimum absolute atomic E-state index is 0.0343. The molecule has 0 saturated heterocycles. The predicted octanol–water partition coefficient (Wildman–Crippen LogP) is 2.97. The highest BCUT2D eigenvalue weighted by Crippen LogP contribution is 2.30. The van der Waals surface area contributed by atoms with Crippen LogP contribution in [0.1, 0.15) is 47.7 Å². The molecule has 2 aliphatic rings. The molecule has 0 aromatic heterocycles. The summed E-state index contributed by atoms with van der Waals surface area (Å²) in [6.07, 6.45) is 8.17. The van der Waals surface area contributed by atoms with E-state index in [1.165, 1.54) is 11.1 Å². The van der Waals surface area contributed by atoms with Gasteiger partial charge in [-0.1, -0.05) is 25.1 Å². The van der Waals surface area contributed by atoms with Crippen LogP contribution in [0.3, 0.4) is 0 Å². The largest absolute Gasteiger partial charge is 0.481 e. The van der Waals surface area contributed by atoms with Crippen molar-refractivity contribution < 1.29 is 14.7 Å². The molecule has 1 unspecified atom stereocenters. The predicted molar refractivity (Wildman–Crippen MR) is 84.7 cm³/mol. The number of rotatable bonds is 5. The number of nitrogens with zero attached hydrogens (tertiary/aromatic N) is 1. The monoisotopic (exact) mass is 299 g/mol. The summed E-state index contributed by atoms with van der Waals surface area (Å²) in [5, 5.41) is 9.10. The van der Waals surface area contributed by atoms with Crippen molar-refractivity contribution in [3.05, 3.63) is 41.0 Å². The summed E-state index contributed by atoms with van der Waals surface area (Å²) in [7, 11) is 0. The van der Waals surface area contributed by atoms with Gasteiger partial charge in [-0.25, -0.2) is 0 Å². The Hall–Kier alpha value is -2.10. The van der Waals surface area contributed by atoms with E-state index in [4.69, 9.17) is 5.11 Å². The summed E-state index contributed by atoms with van der Waals surface area (Å²) in [4.78, 5) is 25.6. The second-order valence-corrected chi connectivity index (χ2v) is 6.28. The van der Waals surface area contributed by atoms with Crippen molar-refractivity contribution in [3.63, 3.8) is 0 Å². The summed E-state index contributed by atoms with van der Waals surface area (Å²) >= 11 is 0. The lowest BCUT2D eigenvalue weighted by molar-refractivity contribution is -0.141. The molecule has 22 heavy (non-hydrogen) atoms. The number of allylic oxidation sites excluding steroid dienone is 1. The number of carbonyl (C=O) groups is 2. The highest BCUT2D eigenvalue weighted by Gasteiger charge is 2.35. The minimum Gasteiger partial charge on any atom is -0.481 e. The van der Waals surface area contributed by atoms with Gasteiger partial charge in [-0.2, -0.15) is 0 Å². The maximum atomic E-state index is 12.8. The molecule has 116 valence electrons. The molecule has 0 heterocycles. The van der Waals surface area contributed by atoms with Crippen molar-refractivity contribution in [2.45, 2.75) is 38.6 Å². The lowest BCUT2D eigenvalue weighted by Gasteiger charge is -2.25. The number of carboxylic acids is 1. The van der Waals surface area contributed by atoms with Gasteiger partial charge in [0.25, 0.3) is 5.91 Å². The fourth-order valence-electron chi connectivity index (χ4n) is 2.89. The van der Waals surface area contributed by atoms with Crippen LogP contribution in [0.15, 0.2) is 24.3 Å². The van der Waals surface area contributed by atoms with E-state index in [-0.39, 0.29) is 18.5 Å². The minimum atomic E-state index is -0.853. The van der Waals surface area contributed by atoms with Gasteiger partial charge in [0, 0.05) is 18.2 Å². The molecular weight excluding hydrogens is 278 g/mol. The normalized spacial score (nSPS) is 17.7. The highest BCUT2D eigenvalue weighted by molar-refractivity contribution is 5.95. The molecule has 1 aromatic rings. The first kappa shape index (κ1) is 14.8. The number of benzene rings is 1. The average molecular weight is 299 g/mol. The molecule has 4 nitrogen and oxygen atoms in total. The zero-order chi connectivity index (χ0) is 15.7. The molecule has 1 fully saturated rings. The molecule has 2 aliphatic carbocycles. The number of fused-ring (bicyclic) bond motifs is 1. The van der Waals surface area contributed by atoms with E-state index in [0.29, 0.717) is 5.56 Å². The second kappa shape index (κ2) is 5.95.